The van der Waals surface area contributed by atoms with E-state index in [2.05, 4.69) is 58.3 Å². The lowest BCUT2D eigenvalue weighted by Gasteiger charge is -2.38. The zero-order valence-electron chi connectivity index (χ0n) is 27.3. The molecule has 0 aliphatic heterocycles. The summed E-state index contributed by atoms with van der Waals surface area (Å²) < 4.78 is 7.48. The number of likely N-dealkylation sites (N-methyl/N-ethyl adjacent to an activating group) is 1. The van der Waals surface area contributed by atoms with Crippen molar-refractivity contribution in [1.29, 1.82) is 0 Å². The largest absolute Gasteiger partial charge is 0.444 e. The fourth-order valence-electron chi connectivity index (χ4n) is 5.75. The molecule has 0 saturated carbocycles. The average molecular weight is 590 g/mol. The molecule has 3 heterocycles. The van der Waals surface area contributed by atoms with Crippen LogP contribution in [0.15, 0.2) is 36.5 Å². The average Bonchev–Trinajstić information content (AvgIpc) is 3.22. The Morgan fingerprint density at radius 3 is 2.17 bits per heavy atom. The minimum Gasteiger partial charge on any atom is -0.444 e. The van der Waals surface area contributed by atoms with E-state index in [1.165, 1.54) is 4.90 Å². The Hall–Kier alpha value is -3.64. The van der Waals surface area contributed by atoms with Gasteiger partial charge < -0.3 is 10.1 Å². The van der Waals surface area contributed by atoms with Gasteiger partial charge in [0.05, 0.1) is 11.4 Å². The molecule has 0 radical (unpaired) electrons. The number of pyridine rings is 2. The summed E-state index contributed by atoms with van der Waals surface area (Å²) >= 11 is 0. The number of rotatable bonds is 7. The van der Waals surface area contributed by atoms with Gasteiger partial charge in [0.1, 0.15) is 36.9 Å². The van der Waals surface area contributed by atoms with Crippen molar-refractivity contribution in [2.45, 2.75) is 104 Å². The van der Waals surface area contributed by atoms with Crippen LogP contribution in [0.4, 0.5) is 10.6 Å². The standard InChI is InChI=1S/C33H47N5O3Si/c1-21(2)42(22(3)4,23(5)6)20-18-27-26(30-24(7)34-29-15-13-14-19-38(29)30)16-17-28(35-27)36-31(39)25(8)37(12)32(40)41-33(9,10)11/h13-17,19,21-23,25H,1-12H3,(H,35,36,39). The number of anilines is 1. The lowest BCUT2D eigenvalue weighted by Crippen LogP contribution is -2.45. The van der Waals surface area contributed by atoms with E-state index in [0.29, 0.717) is 28.1 Å². The van der Waals surface area contributed by atoms with Crippen molar-refractivity contribution in [3.63, 3.8) is 0 Å². The maximum atomic E-state index is 13.2. The normalized spacial score (nSPS) is 12.8. The molecule has 2 amide bonds. The first-order valence-electron chi connectivity index (χ1n) is 14.7. The highest BCUT2D eigenvalue weighted by Gasteiger charge is 2.41. The number of aromatic nitrogens is 3. The fraction of sp³-hybridized carbons (Fsp3) is 0.515. The van der Waals surface area contributed by atoms with Crippen LogP contribution in [-0.4, -0.2) is 58.0 Å². The van der Waals surface area contributed by atoms with E-state index in [-0.39, 0.29) is 5.91 Å². The van der Waals surface area contributed by atoms with Gasteiger partial charge in [-0.15, -0.1) is 5.54 Å². The predicted octanol–water partition coefficient (Wildman–Crippen LogP) is 7.47. The number of fused-ring (bicyclic) bond motifs is 1. The molecule has 0 bridgehead atoms. The quantitative estimate of drug-likeness (QED) is 0.228. The third-order valence-corrected chi connectivity index (χ3v) is 14.3. The Kier molecular flexibility index (Phi) is 9.94. The van der Waals surface area contributed by atoms with Gasteiger partial charge in [-0.3, -0.25) is 14.1 Å². The zero-order valence-corrected chi connectivity index (χ0v) is 28.3. The third-order valence-electron chi connectivity index (χ3n) is 8.01. The molecule has 226 valence electrons. The summed E-state index contributed by atoms with van der Waals surface area (Å²) in [4.78, 5) is 36.7. The van der Waals surface area contributed by atoms with Crippen molar-refractivity contribution >= 4 is 31.5 Å². The Bertz CT molecular complexity index is 1490. The van der Waals surface area contributed by atoms with E-state index in [0.717, 1.165) is 22.6 Å². The number of hydrogen-bond donors (Lipinski definition) is 1. The molecule has 0 spiro atoms. The van der Waals surface area contributed by atoms with Gasteiger partial charge in [-0.2, -0.15) is 0 Å². The van der Waals surface area contributed by atoms with E-state index in [1.807, 2.05) is 41.8 Å². The van der Waals surface area contributed by atoms with Crippen LogP contribution in [-0.2, 0) is 9.53 Å². The minimum absolute atomic E-state index is 0.370. The molecule has 1 N–H and O–H groups in total. The topological polar surface area (TPSA) is 88.8 Å². The second-order valence-corrected chi connectivity index (χ2v) is 18.6. The van der Waals surface area contributed by atoms with Gasteiger partial charge in [0.2, 0.25) is 5.91 Å². The molecular formula is C33H47N5O3Si. The molecule has 9 heteroatoms. The summed E-state index contributed by atoms with van der Waals surface area (Å²) in [5, 5.41) is 2.89. The van der Waals surface area contributed by atoms with E-state index in [4.69, 9.17) is 14.7 Å². The molecule has 0 aromatic carbocycles. The molecule has 1 unspecified atom stereocenters. The van der Waals surface area contributed by atoms with E-state index in [9.17, 15) is 9.59 Å². The first-order valence-corrected chi connectivity index (χ1v) is 17.0. The van der Waals surface area contributed by atoms with Crippen LogP contribution in [0, 0.1) is 18.4 Å². The third kappa shape index (κ3) is 6.87. The smallest absolute Gasteiger partial charge is 0.410 e. The summed E-state index contributed by atoms with van der Waals surface area (Å²) in [6.07, 6.45) is 1.42. The molecule has 3 aromatic rings. The number of nitrogens with one attached hydrogen (secondary N) is 1. The lowest BCUT2D eigenvalue weighted by molar-refractivity contribution is -0.120. The van der Waals surface area contributed by atoms with Gasteiger partial charge in [-0.1, -0.05) is 53.5 Å². The summed E-state index contributed by atoms with van der Waals surface area (Å²) in [7, 11) is -0.520. The fourth-order valence-corrected chi connectivity index (χ4v) is 11.0. The number of hydrogen-bond acceptors (Lipinski definition) is 5. The number of amides is 2. The summed E-state index contributed by atoms with van der Waals surface area (Å²) in [6, 6.07) is 8.86. The van der Waals surface area contributed by atoms with E-state index in [1.54, 1.807) is 40.8 Å². The van der Waals surface area contributed by atoms with Gasteiger partial charge in [0.15, 0.2) is 0 Å². The Labute approximate surface area is 252 Å². The maximum absolute atomic E-state index is 13.2. The molecule has 3 aromatic heterocycles. The molecule has 0 aliphatic carbocycles. The highest BCUT2D eigenvalue weighted by Crippen LogP contribution is 2.41. The second kappa shape index (κ2) is 12.7. The van der Waals surface area contributed by atoms with Crippen molar-refractivity contribution in [3.05, 3.63) is 47.9 Å². The van der Waals surface area contributed by atoms with Gasteiger partial charge in [-0.05, 0) is 75.5 Å². The molecule has 0 saturated heterocycles. The molecule has 0 aliphatic rings. The van der Waals surface area contributed by atoms with Crippen LogP contribution in [0.5, 0.6) is 0 Å². The maximum Gasteiger partial charge on any atom is 0.410 e. The predicted molar refractivity (Wildman–Crippen MR) is 173 cm³/mol. The molecule has 8 nitrogen and oxygen atoms in total. The van der Waals surface area contributed by atoms with E-state index < -0.39 is 25.8 Å². The molecule has 0 fully saturated rings. The van der Waals surface area contributed by atoms with Crippen LogP contribution in [0.25, 0.3) is 16.9 Å². The van der Waals surface area contributed by atoms with Gasteiger partial charge in [0, 0.05) is 18.8 Å². The van der Waals surface area contributed by atoms with Crippen molar-refractivity contribution in [2.75, 3.05) is 12.4 Å². The minimum atomic E-state index is -2.07. The van der Waals surface area contributed by atoms with Crippen molar-refractivity contribution in [1.82, 2.24) is 19.3 Å². The lowest BCUT2D eigenvalue weighted by atomic mass is 10.1. The van der Waals surface area contributed by atoms with Crippen molar-refractivity contribution in [3.8, 4) is 22.7 Å². The van der Waals surface area contributed by atoms with Crippen LogP contribution in [0.3, 0.4) is 0 Å². The van der Waals surface area contributed by atoms with Crippen molar-refractivity contribution < 1.29 is 14.3 Å². The summed E-state index contributed by atoms with van der Waals surface area (Å²) in [5.74, 6) is 3.51. The first kappa shape index (κ1) is 32.9. The SMILES string of the molecule is Cc1nc2ccccn2c1-c1ccc(NC(=O)C(C)N(C)C(=O)OC(C)(C)C)nc1C#C[Si](C(C)C)(C(C)C)C(C)C. The number of ether oxygens (including phenoxy) is 1. The number of aryl methyl sites for hydroxylation is 1. The Morgan fingerprint density at radius 2 is 1.60 bits per heavy atom. The first-order chi connectivity index (χ1) is 19.5. The number of carbonyl (C=O) groups is 2. The van der Waals surface area contributed by atoms with Gasteiger partial charge >= 0.3 is 6.09 Å². The molecular weight excluding hydrogens is 542 g/mol. The van der Waals surface area contributed by atoms with Gasteiger partial charge in [0.25, 0.3) is 0 Å². The summed E-state index contributed by atoms with van der Waals surface area (Å²) in [6.45, 7) is 22.7. The zero-order chi connectivity index (χ0) is 31.6. The van der Waals surface area contributed by atoms with Crippen LogP contribution < -0.4 is 5.32 Å². The molecule has 42 heavy (non-hydrogen) atoms. The van der Waals surface area contributed by atoms with Crippen LogP contribution >= 0.6 is 0 Å². The molecule has 3 rings (SSSR count). The highest BCUT2D eigenvalue weighted by molar-refractivity contribution is 6.90. The Balaban J connectivity index is 2.11. The van der Waals surface area contributed by atoms with Crippen molar-refractivity contribution in [2.24, 2.45) is 0 Å². The number of imidazole rings is 1. The second-order valence-electron chi connectivity index (χ2n) is 13.0. The monoisotopic (exact) mass is 589 g/mol. The summed E-state index contributed by atoms with van der Waals surface area (Å²) in [5.41, 5.74) is 8.58. The van der Waals surface area contributed by atoms with E-state index >= 15 is 0 Å². The number of carbonyl (C=O) groups excluding carboxylic acids is 2. The number of nitrogens with zero attached hydrogens (tertiary/aromatic N) is 4. The Morgan fingerprint density at radius 1 is 0.976 bits per heavy atom. The van der Waals surface area contributed by atoms with Gasteiger partial charge in [-0.25, -0.2) is 14.8 Å². The highest BCUT2D eigenvalue weighted by atomic mass is 28.3. The van der Waals surface area contributed by atoms with Crippen LogP contribution in [0.2, 0.25) is 16.6 Å². The van der Waals surface area contributed by atoms with Crippen LogP contribution in [0.1, 0.15) is 80.6 Å². The molecule has 1 atom stereocenters.